The summed E-state index contributed by atoms with van der Waals surface area (Å²) in [5.74, 6) is -0.275. The second-order valence-corrected chi connectivity index (χ2v) is 3.61. The highest BCUT2D eigenvalue weighted by Gasteiger charge is 2.14. The molecular formula is C12H16FNO. The second-order valence-electron chi connectivity index (χ2n) is 3.61. The number of Topliss-reactive ketones (excluding diaryl/α,β-unsaturated/α-hetero) is 1. The fourth-order valence-corrected chi connectivity index (χ4v) is 1.45. The molecule has 0 aliphatic heterocycles. The van der Waals surface area contributed by atoms with Crippen molar-refractivity contribution in [2.75, 3.05) is 6.54 Å². The van der Waals surface area contributed by atoms with Crippen LogP contribution in [0.1, 0.15) is 29.8 Å². The van der Waals surface area contributed by atoms with Gasteiger partial charge in [-0.05, 0) is 44.2 Å². The van der Waals surface area contributed by atoms with Gasteiger partial charge < -0.3 is 5.32 Å². The molecule has 1 aromatic carbocycles. The van der Waals surface area contributed by atoms with E-state index in [1.54, 1.807) is 13.0 Å². The zero-order valence-corrected chi connectivity index (χ0v) is 9.30. The highest BCUT2D eigenvalue weighted by atomic mass is 19.1. The van der Waals surface area contributed by atoms with Crippen molar-refractivity contribution in [3.8, 4) is 0 Å². The van der Waals surface area contributed by atoms with Gasteiger partial charge >= 0.3 is 0 Å². The summed E-state index contributed by atoms with van der Waals surface area (Å²) in [4.78, 5) is 11.8. The van der Waals surface area contributed by atoms with Gasteiger partial charge in [0, 0.05) is 5.56 Å². The van der Waals surface area contributed by atoms with Crippen LogP contribution >= 0.6 is 0 Å². The molecule has 82 valence electrons. The van der Waals surface area contributed by atoms with Crippen LogP contribution in [0.25, 0.3) is 0 Å². The number of benzene rings is 1. The zero-order valence-electron chi connectivity index (χ0n) is 9.30. The lowest BCUT2D eigenvalue weighted by molar-refractivity contribution is 0.0952. The fraction of sp³-hybridized carbons (Fsp3) is 0.417. The van der Waals surface area contributed by atoms with E-state index in [0.29, 0.717) is 11.1 Å². The smallest absolute Gasteiger partial charge is 0.179 e. The minimum atomic E-state index is -0.275. The summed E-state index contributed by atoms with van der Waals surface area (Å²) in [6.07, 6.45) is 0. The SMILES string of the molecule is CCNC(C)C(=O)c1ccc(F)c(C)c1. The number of hydrogen-bond donors (Lipinski definition) is 1. The fourth-order valence-electron chi connectivity index (χ4n) is 1.45. The maximum Gasteiger partial charge on any atom is 0.179 e. The number of hydrogen-bond acceptors (Lipinski definition) is 2. The van der Waals surface area contributed by atoms with Crippen LogP contribution < -0.4 is 5.32 Å². The van der Waals surface area contributed by atoms with Crippen molar-refractivity contribution in [1.29, 1.82) is 0 Å². The third kappa shape index (κ3) is 2.86. The molecule has 3 heteroatoms. The van der Waals surface area contributed by atoms with Crippen LogP contribution in [0.15, 0.2) is 18.2 Å². The van der Waals surface area contributed by atoms with Crippen molar-refractivity contribution in [1.82, 2.24) is 5.32 Å². The van der Waals surface area contributed by atoms with E-state index in [1.807, 2.05) is 13.8 Å². The lowest BCUT2D eigenvalue weighted by Crippen LogP contribution is -2.33. The molecule has 0 fully saturated rings. The Labute approximate surface area is 89.5 Å². The normalized spacial score (nSPS) is 12.5. The van der Waals surface area contributed by atoms with Gasteiger partial charge in [-0.1, -0.05) is 6.92 Å². The predicted octanol–water partition coefficient (Wildman–Crippen LogP) is 2.31. The van der Waals surface area contributed by atoms with Crippen LogP contribution in [0.2, 0.25) is 0 Å². The van der Waals surface area contributed by atoms with Crippen LogP contribution in [-0.4, -0.2) is 18.4 Å². The standard InChI is InChI=1S/C12H16FNO/c1-4-14-9(3)12(15)10-5-6-11(13)8(2)7-10/h5-7,9,14H,4H2,1-3H3. The van der Waals surface area contributed by atoms with Crippen LogP contribution in [0, 0.1) is 12.7 Å². The van der Waals surface area contributed by atoms with E-state index in [9.17, 15) is 9.18 Å². The molecule has 0 aromatic heterocycles. The molecule has 1 unspecified atom stereocenters. The molecule has 0 amide bonds. The molecule has 0 bridgehead atoms. The van der Waals surface area contributed by atoms with E-state index in [2.05, 4.69) is 5.32 Å². The van der Waals surface area contributed by atoms with Crippen LogP contribution in [0.5, 0.6) is 0 Å². The van der Waals surface area contributed by atoms with Crippen molar-refractivity contribution in [3.63, 3.8) is 0 Å². The molecule has 0 radical (unpaired) electrons. The molecular weight excluding hydrogens is 193 g/mol. The van der Waals surface area contributed by atoms with Gasteiger partial charge in [-0.3, -0.25) is 4.79 Å². The van der Waals surface area contributed by atoms with Gasteiger partial charge in [-0.25, -0.2) is 4.39 Å². The predicted molar refractivity (Wildman–Crippen MR) is 58.6 cm³/mol. The Morgan fingerprint density at radius 3 is 2.73 bits per heavy atom. The van der Waals surface area contributed by atoms with E-state index in [0.717, 1.165) is 6.54 Å². The Morgan fingerprint density at radius 1 is 1.53 bits per heavy atom. The van der Waals surface area contributed by atoms with Crippen molar-refractivity contribution in [2.24, 2.45) is 0 Å². The number of carbonyl (C=O) groups excluding carboxylic acids is 1. The molecule has 1 aromatic rings. The highest BCUT2D eigenvalue weighted by molar-refractivity contribution is 5.99. The van der Waals surface area contributed by atoms with Crippen molar-refractivity contribution < 1.29 is 9.18 Å². The average molecular weight is 209 g/mol. The van der Waals surface area contributed by atoms with E-state index in [-0.39, 0.29) is 17.6 Å². The van der Waals surface area contributed by atoms with Crippen LogP contribution in [0.3, 0.4) is 0 Å². The monoisotopic (exact) mass is 209 g/mol. The minimum Gasteiger partial charge on any atom is -0.308 e. The third-order valence-electron chi connectivity index (χ3n) is 2.35. The van der Waals surface area contributed by atoms with Gasteiger partial charge in [0.05, 0.1) is 6.04 Å². The molecule has 0 saturated heterocycles. The van der Waals surface area contributed by atoms with Gasteiger partial charge in [0.15, 0.2) is 5.78 Å². The number of ketones is 1. The van der Waals surface area contributed by atoms with Crippen molar-refractivity contribution in [3.05, 3.63) is 35.1 Å². The summed E-state index contributed by atoms with van der Waals surface area (Å²) in [5.41, 5.74) is 1.06. The first-order chi connectivity index (χ1) is 7.06. The molecule has 0 aliphatic rings. The Kier molecular flexibility index (Phi) is 3.97. The van der Waals surface area contributed by atoms with Gasteiger partial charge in [0.1, 0.15) is 5.82 Å². The lowest BCUT2D eigenvalue weighted by Gasteiger charge is -2.11. The number of carbonyl (C=O) groups is 1. The Balaban J connectivity index is 2.87. The molecule has 1 atom stereocenters. The first-order valence-corrected chi connectivity index (χ1v) is 5.10. The van der Waals surface area contributed by atoms with Gasteiger partial charge in [-0.15, -0.1) is 0 Å². The van der Waals surface area contributed by atoms with Gasteiger partial charge in [0.2, 0.25) is 0 Å². The third-order valence-corrected chi connectivity index (χ3v) is 2.35. The molecule has 15 heavy (non-hydrogen) atoms. The topological polar surface area (TPSA) is 29.1 Å². The maximum atomic E-state index is 13.0. The average Bonchev–Trinajstić information content (AvgIpc) is 2.21. The Hall–Kier alpha value is -1.22. The summed E-state index contributed by atoms with van der Waals surface area (Å²) in [5, 5.41) is 3.03. The van der Waals surface area contributed by atoms with Crippen LogP contribution in [-0.2, 0) is 0 Å². The number of likely N-dealkylation sites (N-methyl/N-ethyl adjacent to an activating group) is 1. The van der Waals surface area contributed by atoms with Gasteiger partial charge in [0.25, 0.3) is 0 Å². The summed E-state index contributed by atoms with van der Waals surface area (Å²) in [6.45, 7) is 6.15. The summed E-state index contributed by atoms with van der Waals surface area (Å²) < 4.78 is 13.0. The quantitative estimate of drug-likeness (QED) is 0.771. The molecule has 1 N–H and O–H groups in total. The molecule has 1 rings (SSSR count). The Morgan fingerprint density at radius 2 is 2.20 bits per heavy atom. The molecule has 0 aliphatic carbocycles. The molecule has 0 saturated carbocycles. The van der Waals surface area contributed by atoms with Crippen molar-refractivity contribution >= 4 is 5.78 Å². The lowest BCUT2D eigenvalue weighted by atomic mass is 10.0. The number of halogens is 1. The summed E-state index contributed by atoms with van der Waals surface area (Å²) in [7, 11) is 0. The van der Waals surface area contributed by atoms with E-state index in [4.69, 9.17) is 0 Å². The minimum absolute atomic E-state index is 0.0000463. The first-order valence-electron chi connectivity index (χ1n) is 5.10. The second kappa shape index (κ2) is 5.03. The number of aryl methyl sites for hydroxylation is 1. The summed E-state index contributed by atoms with van der Waals surface area (Å²) in [6, 6.07) is 4.23. The summed E-state index contributed by atoms with van der Waals surface area (Å²) >= 11 is 0. The van der Waals surface area contributed by atoms with E-state index in [1.165, 1.54) is 12.1 Å². The highest BCUT2D eigenvalue weighted by Crippen LogP contribution is 2.11. The zero-order chi connectivity index (χ0) is 11.4. The van der Waals surface area contributed by atoms with E-state index < -0.39 is 0 Å². The number of nitrogens with one attached hydrogen (secondary N) is 1. The molecule has 2 nitrogen and oxygen atoms in total. The van der Waals surface area contributed by atoms with Crippen molar-refractivity contribution in [2.45, 2.75) is 26.8 Å². The van der Waals surface area contributed by atoms with E-state index >= 15 is 0 Å². The van der Waals surface area contributed by atoms with Gasteiger partial charge in [-0.2, -0.15) is 0 Å². The number of rotatable bonds is 4. The molecule has 0 spiro atoms. The van der Waals surface area contributed by atoms with Crippen LogP contribution in [0.4, 0.5) is 4.39 Å². The molecule has 0 heterocycles. The first kappa shape index (κ1) is 11.9. The largest absolute Gasteiger partial charge is 0.308 e. The Bertz CT molecular complexity index is 363. The maximum absolute atomic E-state index is 13.0.